The molecule has 1 amide bonds. The molecule has 30 heavy (non-hydrogen) atoms. The molecule has 1 aromatic heterocycles. The molecule has 2 heterocycles. The molecule has 1 aliphatic heterocycles. The zero-order valence-electron chi connectivity index (χ0n) is 15.6. The van der Waals surface area contributed by atoms with Crippen molar-refractivity contribution in [2.24, 2.45) is 0 Å². The molecule has 1 aliphatic rings. The predicted octanol–water partition coefficient (Wildman–Crippen LogP) is 3.46. The second-order valence-electron chi connectivity index (χ2n) is 6.49. The highest BCUT2D eigenvalue weighted by molar-refractivity contribution is 7.83. The molecule has 0 unspecified atom stereocenters. The largest absolute Gasteiger partial charge is 0.497 e. The Morgan fingerprint density at radius 2 is 2.00 bits per heavy atom. The third-order valence-electron chi connectivity index (χ3n) is 4.62. The standard InChI is InChI=1S/C19H15ClN4O5S/c1-29-13-5-2-11(3-6-13)23-18(15-9-30(28)10-17(15)22-23)21-19(25)14-8-12(24(26)27)4-7-16(14)20/h2-8H,9-10H2,1H3,(H,21,25)/t30-/m1/s1. The summed E-state index contributed by atoms with van der Waals surface area (Å²) >= 11 is 6.10. The monoisotopic (exact) mass is 446 g/mol. The van der Waals surface area contributed by atoms with Crippen LogP contribution in [0.4, 0.5) is 11.5 Å². The van der Waals surface area contributed by atoms with Crippen LogP contribution in [0.15, 0.2) is 42.5 Å². The Labute approximate surface area is 178 Å². The number of nitro groups is 1. The van der Waals surface area contributed by atoms with Gasteiger partial charge < -0.3 is 10.1 Å². The first-order valence-electron chi connectivity index (χ1n) is 8.73. The molecule has 154 valence electrons. The third kappa shape index (κ3) is 3.66. The van der Waals surface area contributed by atoms with Crippen molar-refractivity contribution in [3.05, 3.63) is 74.4 Å². The first-order valence-corrected chi connectivity index (χ1v) is 10.6. The number of hydrogen-bond acceptors (Lipinski definition) is 6. The number of nitrogens with zero attached hydrogens (tertiary/aromatic N) is 3. The van der Waals surface area contributed by atoms with Crippen LogP contribution in [0.1, 0.15) is 21.6 Å². The van der Waals surface area contributed by atoms with E-state index in [1.54, 1.807) is 36.1 Å². The third-order valence-corrected chi connectivity index (χ3v) is 6.16. The maximum absolute atomic E-state index is 12.9. The molecular formula is C19H15ClN4O5S. The summed E-state index contributed by atoms with van der Waals surface area (Å²) in [4.78, 5) is 23.4. The van der Waals surface area contributed by atoms with E-state index in [0.29, 0.717) is 34.3 Å². The Hall–Kier alpha value is -3.24. The lowest BCUT2D eigenvalue weighted by molar-refractivity contribution is -0.384. The Morgan fingerprint density at radius 3 is 2.67 bits per heavy atom. The van der Waals surface area contributed by atoms with Gasteiger partial charge in [0.1, 0.15) is 11.6 Å². The topological polar surface area (TPSA) is 116 Å². The molecule has 1 atom stereocenters. The molecule has 0 bridgehead atoms. The molecule has 9 nitrogen and oxygen atoms in total. The average molecular weight is 447 g/mol. The summed E-state index contributed by atoms with van der Waals surface area (Å²) in [6, 6.07) is 10.7. The maximum atomic E-state index is 12.9. The lowest BCUT2D eigenvalue weighted by Gasteiger charge is -2.12. The van der Waals surface area contributed by atoms with Crippen LogP contribution in [0.2, 0.25) is 5.02 Å². The van der Waals surface area contributed by atoms with Gasteiger partial charge in [-0.15, -0.1) is 0 Å². The highest BCUT2D eigenvalue weighted by Gasteiger charge is 2.29. The van der Waals surface area contributed by atoms with Crippen LogP contribution in [-0.2, 0) is 22.3 Å². The van der Waals surface area contributed by atoms with Crippen molar-refractivity contribution in [3.8, 4) is 11.4 Å². The number of methoxy groups -OCH3 is 1. The van der Waals surface area contributed by atoms with E-state index in [4.69, 9.17) is 16.3 Å². The van der Waals surface area contributed by atoms with Crippen LogP contribution in [0.5, 0.6) is 5.75 Å². The van der Waals surface area contributed by atoms with Crippen molar-refractivity contribution >= 4 is 39.8 Å². The molecule has 0 saturated heterocycles. The molecule has 4 rings (SSSR count). The van der Waals surface area contributed by atoms with Crippen molar-refractivity contribution in [3.63, 3.8) is 0 Å². The predicted molar refractivity (Wildman–Crippen MR) is 112 cm³/mol. The summed E-state index contributed by atoms with van der Waals surface area (Å²) in [6.07, 6.45) is 0. The van der Waals surface area contributed by atoms with Crippen molar-refractivity contribution in [1.82, 2.24) is 9.78 Å². The first kappa shape index (κ1) is 20.0. The van der Waals surface area contributed by atoms with Crippen LogP contribution in [0.25, 0.3) is 5.69 Å². The minimum Gasteiger partial charge on any atom is -0.497 e. The normalized spacial score (nSPS) is 14.9. The summed E-state index contributed by atoms with van der Waals surface area (Å²) in [6.45, 7) is 0. The molecule has 0 aliphatic carbocycles. The van der Waals surface area contributed by atoms with Gasteiger partial charge in [0.25, 0.3) is 11.6 Å². The zero-order chi connectivity index (χ0) is 21.4. The molecule has 0 saturated carbocycles. The molecule has 0 spiro atoms. The number of amides is 1. The summed E-state index contributed by atoms with van der Waals surface area (Å²) in [5.41, 5.74) is 1.67. The van der Waals surface area contributed by atoms with Crippen LogP contribution in [0.3, 0.4) is 0 Å². The number of ether oxygens (including phenoxy) is 1. The maximum Gasteiger partial charge on any atom is 0.270 e. The van der Waals surface area contributed by atoms with Gasteiger partial charge in [0.05, 0.1) is 45.5 Å². The number of non-ortho nitro benzene ring substituents is 1. The zero-order valence-corrected chi connectivity index (χ0v) is 17.2. The van der Waals surface area contributed by atoms with Crippen LogP contribution < -0.4 is 10.1 Å². The number of aromatic nitrogens is 2. The number of benzene rings is 2. The number of nitrogens with one attached hydrogen (secondary N) is 1. The smallest absolute Gasteiger partial charge is 0.270 e. The Balaban J connectivity index is 1.75. The number of carbonyl (C=O) groups excluding carboxylic acids is 1. The van der Waals surface area contributed by atoms with E-state index in [1.165, 1.54) is 12.1 Å². The number of hydrogen-bond donors (Lipinski definition) is 1. The van der Waals surface area contributed by atoms with E-state index in [-0.39, 0.29) is 22.0 Å². The molecule has 11 heteroatoms. The highest BCUT2D eigenvalue weighted by atomic mass is 35.5. The number of carbonyl (C=O) groups is 1. The Kier molecular flexibility index (Phi) is 5.27. The average Bonchev–Trinajstić information content (AvgIpc) is 3.25. The highest BCUT2D eigenvalue weighted by Crippen LogP contribution is 2.33. The molecule has 0 radical (unpaired) electrons. The van der Waals surface area contributed by atoms with Crippen molar-refractivity contribution in [2.45, 2.75) is 11.5 Å². The quantitative estimate of drug-likeness (QED) is 0.474. The van der Waals surface area contributed by atoms with Crippen molar-refractivity contribution in [2.75, 3.05) is 12.4 Å². The second-order valence-corrected chi connectivity index (χ2v) is 8.35. The van der Waals surface area contributed by atoms with Gasteiger partial charge >= 0.3 is 0 Å². The molecular weight excluding hydrogens is 432 g/mol. The Bertz CT molecular complexity index is 1190. The van der Waals surface area contributed by atoms with Gasteiger partial charge in [0, 0.05) is 28.5 Å². The van der Waals surface area contributed by atoms with Gasteiger partial charge in [-0.05, 0) is 30.3 Å². The molecule has 2 aromatic carbocycles. The van der Waals surface area contributed by atoms with E-state index < -0.39 is 21.6 Å². The fourth-order valence-electron chi connectivity index (χ4n) is 3.14. The van der Waals surface area contributed by atoms with Crippen LogP contribution >= 0.6 is 11.6 Å². The number of rotatable bonds is 5. The van der Waals surface area contributed by atoms with Crippen molar-refractivity contribution in [1.29, 1.82) is 0 Å². The van der Waals surface area contributed by atoms with E-state index in [1.807, 2.05) is 0 Å². The minimum atomic E-state index is -1.10. The lowest BCUT2D eigenvalue weighted by atomic mass is 10.2. The number of halogens is 1. The lowest BCUT2D eigenvalue weighted by Crippen LogP contribution is -2.17. The second kappa shape index (κ2) is 7.88. The first-order chi connectivity index (χ1) is 14.4. The van der Waals surface area contributed by atoms with E-state index in [2.05, 4.69) is 10.4 Å². The molecule has 1 N–H and O–H groups in total. The fourth-order valence-corrected chi connectivity index (χ4v) is 4.61. The number of anilines is 1. The van der Waals surface area contributed by atoms with Crippen LogP contribution in [-0.4, -0.2) is 31.9 Å². The molecule has 3 aromatic rings. The minimum absolute atomic E-state index is 0.0405. The fraction of sp³-hybridized carbons (Fsp3) is 0.158. The number of nitro benzene ring substituents is 1. The van der Waals surface area contributed by atoms with Gasteiger partial charge in [0.2, 0.25) is 0 Å². The summed E-state index contributed by atoms with van der Waals surface area (Å²) in [7, 11) is 0.452. The molecule has 0 fully saturated rings. The van der Waals surface area contributed by atoms with Gasteiger partial charge in [-0.3, -0.25) is 19.1 Å². The Morgan fingerprint density at radius 1 is 1.27 bits per heavy atom. The van der Waals surface area contributed by atoms with Crippen molar-refractivity contribution < 1.29 is 18.7 Å². The van der Waals surface area contributed by atoms with Gasteiger partial charge in [-0.1, -0.05) is 11.6 Å². The summed E-state index contributed by atoms with van der Waals surface area (Å²) in [5.74, 6) is 0.934. The van der Waals surface area contributed by atoms with Gasteiger partial charge in [-0.25, -0.2) is 4.68 Å². The van der Waals surface area contributed by atoms with Gasteiger partial charge in [-0.2, -0.15) is 5.10 Å². The van der Waals surface area contributed by atoms with Gasteiger partial charge in [0.15, 0.2) is 0 Å². The van der Waals surface area contributed by atoms with E-state index in [9.17, 15) is 19.1 Å². The SMILES string of the molecule is COc1ccc(-n2nc3c(c2NC(=O)c2cc([N+](=O)[O-])ccc2Cl)C[S@@](=O)C3)cc1. The summed E-state index contributed by atoms with van der Waals surface area (Å²) < 4.78 is 18.7. The van der Waals surface area contributed by atoms with Crippen LogP contribution in [0, 0.1) is 10.1 Å². The van der Waals surface area contributed by atoms with E-state index >= 15 is 0 Å². The number of fused-ring (bicyclic) bond motifs is 1. The van der Waals surface area contributed by atoms with E-state index in [0.717, 1.165) is 6.07 Å². The summed E-state index contributed by atoms with van der Waals surface area (Å²) in [5, 5.41) is 18.4.